The molecule has 0 aliphatic rings. The molecular weight excluding hydrogens is 315 g/mol. The molecule has 0 saturated heterocycles. The number of rotatable bonds is 5. The quantitative estimate of drug-likeness (QED) is 0.828. The molecule has 0 fully saturated rings. The third-order valence-corrected chi connectivity index (χ3v) is 3.11. The number of benzene rings is 1. The zero-order valence-corrected chi connectivity index (χ0v) is 12.4. The van der Waals surface area contributed by atoms with E-state index in [9.17, 15) is 9.59 Å². The van der Waals surface area contributed by atoms with Crippen LogP contribution >= 0.6 is 23.2 Å². The van der Waals surface area contributed by atoms with Crippen molar-refractivity contribution in [3.05, 3.63) is 52.4 Å². The van der Waals surface area contributed by atoms with Crippen molar-refractivity contribution in [2.45, 2.75) is 13.0 Å². The largest absolute Gasteiger partial charge is 0.467 e. The molecular formula is C14H12Cl2N2O3. The van der Waals surface area contributed by atoms with Gasteiger partial charge in [0.1, 0.15) is 12.2 Å². The fourth-order valence-corrected chi connectivity index (χ4v) is 2.05. The number of hydrogen-bond acceptors (Lipinski definition) is 3. The minimum atomic E-state index is -0.462. The van der Waals surface area contributed by atoms with E-state index < -0.39 is 11.8 Å². The van der Waals surface area contributed by atoms with Gasteiger partial charge >= 0.3 is 0 Å². The van der Waals surface area contributed by atoms with Gasteiger partial charge in [-0.1, -0.05) is 23.2 Å². The van der Waals surface area contributed by atoms with Crippen molar-refractivity contribution in [3.8, 4) is 0 Å². The second kappa shape index (κ2) is 7.15. The highest BCUT2D eigenvalue weighted by Crippen LogP contribution is 2.25. The Morgan fingerprint density at radius 1 is 1.14 bits per heavy atom. The Balaban J connectivity index is 1.82. The molecule has 0 radical (unpaired) electrons. The van der Waals surface area contributed by atoms with Gasteiger partial charge in [0, 0.05) is 5.02 Å². The number of carbonyl (C=O) groups is 2. The lowest BCUT2D eigenvalue weighted by atomic mass is 10.3. The van der Waals surface area contributed by atoms with Gasteiger partial charge in [-0.2, -0.15) is 0 Å². The summed E-state index contributed by atoms with van der Waals surface area (Å²) in [7, 11) is 0. The van der Waals surface area contributed by atoms with Crippen molar-refractivity contribution in [2.24, 2.45) is 0 Å². The predicted molar refractivity (Wildman–Crippen MR) is 80.3 cm³/mol. The first-order valence-corrected chi connectivity index (χ1v) is 6.84. The lowest BCUT2D eigenvalue weighted by molar-refractivity contribution is -0.127. The predicted octanol–water partition coefficient (Wildman–Crippen LogP) is 3.23. The van der Waals surface area contributed by atoms with Gasteiger partial charge in [-0.3, -0.25) is 9.59 Å². The molecule has 1 heterocycles. The average Bonchev–Trinajstić information content (AvgIpc) is 2.93. The first-order valence-electron chi connectivity index (χ1n) is 6.08. The molecule has 5 nitrogen and oxygen atoms in total. The van der Waals surface area contributed by atoms with Gasteiger partial charge in [0.2, 0.25) is 11.8 Å². The van der Waals surface area contributed by atoms with Crippen LogP contribution in [0.1, 0.15) is 12.2 Å². The summed E-state index contributed by atoms with van der Waals surface area (Å²) in [5.74, 6) is -0.255. The summed E-state index contributed by atoms with van der Waals surface area (Å²) < 4.78 is 5.07. The van der Waals surface area contributed by atoms with E-state index in [1.54, 1.807) is 24.3 Å². The van der Waals surface area contributed by atoms with Gasteiger partial charge in [0.25, 0.3) is 0 Å². The lowest BCUT2D eigenvalue weighted by Crippen LogP contribution is -2.27. The molecule has 1 aromatic heterocycles. The van der Waals surface area contributed by atoms with Gasteiger partial charge in [-0.25, -0.2) is 0 Å². The SMILES string of the molecule is O=C(CC(=O)Nc1ccc(Cl)cc1Cl)NCc1ccco1. The Morgan fingerprint density at radius 3 is 2.62 bits per heavy atom. The average molecular weight is 327 g/mol. The number of halogens is 2. The monoisotopic (exact) mass is 326 g/mol. The molecule has 0 atom stereocenters. The Hall–Kier alpha value is -1.98. The summed E-state index contributed by atoms with van der Waals surface area (Å²) in [6.07, 6.45) is 1.20. The molecule has 21 heavy (non-hydrogen) atoms. The molecule has 2 rings (SSSR count). The first-order chi connectivity index (χ1) is 10.0. The molecule has 0 unspecified atom stereocenters. The Bertz CT molecular complexity index is 642. The topological polar surface area (TPSA) is 71.3 Å². The van der Waals surface area contributed by atoms with Crippen molar-refractivity contribution in [1.82, 2.24) is 5.32 Å². The van der Waals surface area contributed by atoms with E-state index in [1.165, 1.54) is 12.3 Å². The maximum Gasteiger partial charge on any atom is 0.233 e. The molecule has 0 aliphatic carbocycles. The van der Waals surface area contributed by atoms with Gasteiger partial charge in [-0.05, 0) is 30.3 Å². The molecule has 0 saturated carbocycles. The summed E-state index contributed by atoms with van der Waals surface area (Å²) in [5.41, 5.74) is 0.407. The zero-order chi connectivity index (χ0) is 15.2. The summed E-state index contributed by atoms with van der Waals surface area (Å²) in [6.45, 7) is 0.237. The van der Waals surface area contributed by atoms with Gasteiger partial charge in [0.15, 0.2) is 0 Å². The van der Waals surface area contributed by atoms with Crippen molar-refractivity contribution in [3.63, 3.8) is 0 Å². The van der Waals surface area contributed by atoms with Crippen LogP contribution in [-0.4, -0.2) is 11.8 Å². The minimum Gasteiger partial charge on any atom is -0.467 e. The Morgan fingerprint density at radius 2 is 1.95 bits per heavy atom. The molecule has 2 amide bonds. The summed E-state index contributed by atoms with van der Waals surface area (Å²) >= 11 is 11.7. The van der Waals surface area contributed by atoms with Crippen molar-refractivity contribution in [1.29, 1.82) is 0 Å². The van der Waals surface area contributed by atoms with E-state index >= 15 is 0 Å². The molecule has 110 valence electrons. The number of hydrogen-bond donors (Lipinski definition) is 2. The van der Waals surface area contributed by atoms with E-state index in [0.717, 1.165) is 0 Å². The van der Waals surface area contributed by atoms with Gasteiger partial charge in [-0.15, -0.1) is 0 Å². The highest BCUT2D eigenvalue weighted by Gasteiger charge is 2.11. The van der Waals surface area contributed by atoms with Crippen LogP contribution in [0.5, 0.6) is 0 Å². The second-order valence-corrected chi connectivity index (χ2v) is 5.05. The van der Waals surface area contributed by atoms with Crippen LogP contribution in [-0.2, 0) is 16.1 Å². The van der Waals surface area contributed by atoms with Gasteiger partial charge < -0.3 is 15.1 Å². The molecule has 7 heteroatoms. The maximum atomic E-state index is 11.7. The van der Waals surface area contributed by atoms with Crippen LogP contribution in [0.2, 0.25) is 10.0 Å². The first kappa shape index (κ1) is 15.4. The van der Waals surface area contributed by atoms with Crippen LogP contribution in [0.4, 0.5) is 5.69 Å². The molecule has 0 aliphatic heterocycles. The van der Waals surface area contributed by atoms with E-state index in [2.05, 4.69) is 10.6 Å². The summed E-state index contributed by atoms with van der Waals surface area (Å²) in [5, 5.41) is 5.90. The fraction of sp³-hybridized carbons (Fsp3) is 0.143. The number of amides is 2. The van der Waals surface area contributed by atoms with Crippen molar-refractivity contribution in [2.75, 3.05) is 5.32 Å². The third-order valence-electron chi connectivity index (χ3n) is 2.57. The maximum absolute atomic E-state index is 11.7. The number of anilines is 1. The van der Waals surface area contributed by atoms with Crippen LogP contribution in [0, 0.1) is 0 Å². The number of carbonyl (C=O) groups excluding carboxylic acids is 2. The van der Waals surface area contributed by atoms with Crippen molar-refractivity contribution < 1.29 is 14.0 Å². The highest BCUT2D eigenvalue weighted by atomic mass is 35.5. The summed E-state index contributed by atoms with van der Waals surface area (Å²) in [6, 6.07) is 8.13. The van der Waals surface area contributed by atoms with E-state index in [4.69, 9.17) is 27.6 Å². The Kier molecular flexibility index (Phi) is 5.25. The zero-order valence-electron chi connectivity index (χ0n) is 10.9. The third kappa shape index (κ3) is 4.81. The van der Waals surface area contributed by atoms with E-state index in [0.29, 0.717) is 21.5 Å². The standard InChI is InChI=1S/C14H12Cl2N2O3/c15-9-3-4-12(11(16)6-9)18-14(20)7-13(19)17-8-10-2-1-5-21-10/h1-6H,7-8H2,(H,17,19)(H,18,20). The van der Waals surface area contributed by atoms with Crippen LogP contribution < -0.4 is 10.6 Å². The Labute approximate surface area is 131 Å². The number of furan rings is 1. The number of nitrogens with one attached hydrogen (secondary N) is 2. The summed E-state index contributed by atoms with van der Waals surface area (Å²) in [4.78, 5) is 23.3. The van der Waals surface area contributed by atoms with E-state index in [-0.39, 0.29) is 13.0 Å². The highest BCUT2D eigenvalue weighted by molar-refractivity contribution is 6.36. The van der Waals surface area contributed by atoms with Gasteiger partial charge in [0.05, 0.1) is 23.5 Å². The molecule has 2 N–H and O–H groups in total. The van der Waals surface area contributed by atoms with Crippen LogP contribution in [0.15, 0.2) is 41.0 Å². The van der Waals surface area contributed by atoms with Crippen LogP contribution in [0.3, 0.4) is 0 Å². The van der Waals surface area contributed by atoms with Crippen molar-refractivity contribution >= 4 is 40.7 Å². The molecule has 2 aromatic rings. The normalized spacial score (nSPS) is 10.2. The smallest absolute Gasteiger partial charge is 0.233 e. The van der Waals surface area contributed by atoms with Crippen LogP contribution in [0.25, 0.3) is 0 Å². The fourth-order valence-electron chi connectivity index (χ4n) is 1.59. The second-order valence-electron chi connectivity index (χ2n) is 4.21. The minimum absolute atomic E-state index is 0.237. The molecule has 0 spiro atoms. The lowest BCUT2D eigenvalue weighted by Gasteiger charge is -2.07. The molecule has 1 aromatic carbocycles. The van der Waals surface area contributed by atoms with E-state index in [1.807, 2.05) is 0 Å². The molecule has 0 bridgehead atoms.